The summed E-state index contributed by atoms with van der Waals surface area (Å²) in [5, 5.41) is 12.0. The maximum atomic E-state index is 11.5. The van der Waals surface area contributed by atoms with Crippen LogP contribution < -0.4 is 10.1 Å². The van der Waals surface area contributed by atoms with Crippen LogP contribution in [0.3, 0.4) is 0 Å². The van der Waals surface area contributed by atoms with Crippen LogP contribution in [-0.2, 0) is 4.79 Å². The first-order valence-corrected chi connectivity index (χ1v) is 7.36. The van der Waals surface area contributed by atoms with Crippen LogP contribution in [0.25, 0.3) is 0 Å². The molecule has 0 aromatic heterocycles. The molecule has 0 spiro atoms. The second-order valence-electron chi connectivity index (χ2n) is 4.52. The molecule has 0 saturated heterocycles. The topological polar surface area (TPSA) is 58.6 Å². The standard InChI is InChI=1S/C15H22ClNO3/c16-13-7-3-4-8-14(13)20-12-9-15(19)17-10-5-1-2-6-11-18/h3-4,7-8,18H,1-2,5-6,9-12H2,(H,17,19). The Balaban J connectivity index is 2.04. The zero-order chi connectivity index (χ0) is 14.6. The van der Waals surface area contributed by atoms with Crippen LogP contribution in [0.15, 0.2) is 24.3 Å². The Bertz CT molecular complexity index is 398. The molecule has 5 heteroatoms. The molecular formula is C15H22ClNO3. The highest BCUT2D eigenvalue weighted by molar-refractivity contribution is 6.32. The molecule has 0 aliphatic heterocycles. The van der Waals surface area contributed by atoms with E-state index in [0.29, 0.717) is 30.3 Å². The molecule has 0 saturated carbocycles. The molecule has 112 valence electrons. The van der Waals surface area contributed by atoms with Gasteiger partial charge in [-0.1, -0.05) is 36.6 Å². The molecule has 0 fully saturated rings. The molecule has 1 aromatic rings. The van der Waals surface area contributed by atoms with Gasteiger partial charge in [-0.05, 0) is 25.0 Å². The van der Waals surface area contributed by atoms with Gasteiger partial charge in [0.25, 0.3) is 0 Å². The lowest BCUT2D eigenvalue weighted by Gasteiger charge is -2.08. The van der Waals surface area contributed by atoms with Crippen molar-refractivity contribution in [2.75, 3.05) is 19.8 Å². The van der Waals surface area contributed by atoms with Crippen molar-refractivity contribution in [2.45, 2.75) is 32.1 Å². The lowest BCUT2D eigenvalue weighted by Crippen LogP contribution is -2.25. The van der Waals surface area contributed by atoms with Gasteiger partial charge in [0.2, 0.25) is 5.91 Å². The Morgan fingerprint density at radius 2 is 1.95 bits per heavy atom. The van der Waals surface area contributed by atoms with Crippen LogP contribution in [0.1, 0.15) is 32.1 Å². The van der Waals surface area contributed by atoms with Crippen LogP contribution in [0.5, 0.6) is 5.75 Å². The maximum absolute atomic E-state index is 11.5. The van der Waals surface area contributed by atoms with Crippen molar-refractivity contribution in [1.29, 1.82) is 0 Å². The number of hydrogen-bond acceptors (Lipinski definition) is 3. The first-order valence-electron chi connectivity index (χ1n) is 6.99. The third-order valence-corrected chi connectivity index (χ3v) is 3.14. The van der Waals surface area contributed by atoms with Gasteiger partial charge in [-0.3, -0.25) is 4.79 Å². The number of amides is 1. The molecule has 1 rings (SSSR count). The van der Waals surface area contributed by atoms with Crippen molar-refractivity contribution >= 4 is 17.5 Å². The Kier molecular flexibility index (Phi) is 8.83. The molecule has 0 aliphatic carbocycles. The lowest BCUT2D eigenvalue weighted by molar-refractivity contribution is -0.121. The molecule has 0 heterocycles. The first kappa shape index (κ1) is 16.8. The van der Waals surface area contributed by atoms with E-state index >= 15 is 0 Å². The van der Waals surface area contributed by atoms with Crippen LogP contribution in [0.2, 0.25) is 5.02 Å². The lowest BCUT2D eigenvalue weighted by atomic mass is 10.2. The number of rotatable bonds is 10. The Labute approximate surface area is 125 Å². The zero-order valence-electron chi connectivity index (χ0n) is 11.6. The summed E-state index contributed by atoms with van der Waals surface area (Å²) in [5.41, 5.74) is 0. The molecule has 0 aliphatic rings. The predicted octanol–water partition coefficient (Wildman–Crippen LogP) is 2.78. The van der Waals surface area contributed by atoms with E-state index in [9.17, 15) is 4.79 Å². The third kappa shape index (κ3) is 7.36. The number of benzene rings is 1. The Morgan fingerprint density at radius 3 is 2.70 bits per heavy atom. The number of aliphatic hydroxyl groups is 1. The van der Waals surface area contributed by atoms with E-state index in [1.807, 2.05) is 12.1 Å². The first-order chi connectivity index (χ1) is 9.74. The largest absolute Gasteiger partial charge is 0.491 e. The molecule has 4 nitrogen and oxygen atoms in total. The number of carbonyl (C=O) groups excluding carboxylic acids is 1. The summed E-state index contributed by atoms with van der Waals surface area (Å²) in [6.45, 7) is 1.24. The van der Waals surface area contributed by atoms with Gasteiger partial charge < -0.3 is 15.2 Å². The minimum atomic E-state index is -0.0146. The molecule has 20 heavy (non-hydrogen) atoms. The summed E-state index contributed by atoms with van der Waals surface area (Å²) in [6, 6.07) is 7.21. The number of carbonyl (C=O) groups is 1. The minimum Gasteiger partial charge on any atom is -0.491 e. The van der Waals surface area contributed by atoms with Crippen molar-refractivity contribution in [3.05, 3.63) is 29.3 Å². The van der Waals surface area contributed by atoms with E-state index in [1.165, 1.54) is 0 Å². The second-order valence-corrected chi connectivity index (χ2v) is 4.92. The summed E-state index contributed by atoms with van der Waals surface area (Å²) < 4.78 is 5.45. The number of nitrogens with one attached hydrogen (secondary N) is 1. The van der Waals surface area contributed by atoms with Gasteiger partial charge in [0.15, 0.2) is 0 Å². The van der Waals surface area contributed by atoms with Gasteiger partial charge in [-0.15, -0.1) is 0 Å². The SMILES string of the molecule is O=C(CCOc1ccccc1Cl)NCCCCCCO. The Morgan fingerprint density at radius 1 is 1.20 bits per heavy atom. The number of halogens is 1. The van der Waals surface area contributed by atoms with E-state index in [-0.39, 0.29) is 12.5 Å². The van der Waals surface area contributed by atoms with Gasteiger partial charge in [-0.2, -0.15) is 0 Å². The number of unbranched alkanes of at least 4 members (excludes halogenated alkanes) is 3. The average molecular weight is 300 g/mol. The third-order valence-electron chi connectivity index (χ3n) is 2.83. The van der Waals surface area contributed by atoms with Crippen LogP contribution >= 0.6 is 11.6 Å². The van der Waals surface area contributed by atoms with Crippen molar-refractivity contribution in [2.24, 2.45) is 0 Å². The highest BCUT2D eigenvalue weighted by Crippen LogP contribution is 2.22. The van der Waals surface area contributed by atoms with Gasteiger partial charge in [0.1, 0.15) is 5.75 Å². The average Bonchev–Trinajstić information content (AvgIpc) is 2.45. The molecule has 0 unspecified atom stereocenters. The second kappa shape index (κ2) is 10.5. The Hall–Kier alpha value is -1.26. The fourth-order valence-electron chi connectivity index (χ4n) is 1.72. The van der Waals surface area contributed by atoms with Crippen LogP contribution in [-0.4, -0.2) is 30.8 Å². The molecule has 0 atom stereocenters. The summed E-state index contributed by atoms with van der Waals surface area (Å²) in [6.07, 6.45) is 4.12. The van der Waals surface area contributed by atoms with Gasteiger partial charge in [-0.25, -0.2) is 0 Å². The molecule has 0 bridgehead atoms. The van der Waals surface area contributed by atoms with E-state index in [1.54, 1.807) is 12.1 Å². The van der Waals surface area contributed by atoms with Crippen molar-refractivity contribution in [3.8, 4) is 5.75 Å². The van der Waals surface area contributed by atoms with Gasteiger partial charge in [0.05, 0.1) is 18.1 Å². The number of ether oxygens (including phenoxy) is 1. The van der Waals surface area contributed by atoms with E-state index < -0.39 is 0 Å². The van der Waals surface area contributed by atoms with Crippen LogP contribution in [0.4, 0.5) is 0 Å². The summed E-state index contributed by atoms with van der Waals surface area (Å²) >= 11 is 5.94. The smallest absolute Gasteiger partial charge is 0.223 e. The highest BCUT2D eigenvalue weighted by atomic mass is 35.5. The molecule has 1 aromatic carbocycles. The maximum Gasteiger partial charge on any atom is 0.223 e. The highest BCUT2D eigenvalue weighted by Gasteiger charge is 2.03. The number of aliphatic hydroxyl groups excluding tert-OH is 1. The summed E-state index contributed by atoms with van der Waals surface area (Å²) in [5.74, 6) is 0.588. The van der Waals surface area contributed by atoms with E-state index in [0.717, 1.165) is 25.7 Å². The van der Waals surface area contributed by atoms with Gasteiger partial charge >= 0.3 is 0 Å². The molecule has 2 N–H and O–H groups in total. The van der Waals surface area contributed by atoms with Gasteiger partial charge in [0, 0.05) is 13.2 Å². The quantitative estimate of drug-likeness (QED) is 0.653. The fourth-order valence-corrected chi connectivity index (χ4v) is 1.91. The number of hydrogen-bond donors (Lipinski definition) is 2. The summed E-state index contributed by atoms with van der Waals surface area (Å²) in [7, 11) is 0. The normalized spacial score (nSPS) is 10.3. The number of para-hydroxylation sites is 1. The monoisotopic (exact) mass is 299 g/mol. The molecule has 0 radical (unpaired) electrons. The predicted molar refractivity (Wildman–Crippen MR) is 80.1 cm³/mol. The zero-order valence-corrected chi connectivity index (χ0v) is 12.4. The summed E-state index contributed by atoms with van der Waals surface area (Å²) in [4.78, 5) is 11.5. The van der Waals surface area contributed by atoms with Crippen molar-refractivity contribution < 1.29 is 14.6 Å². The van der Waals surface area contributed by atoms with Crippen molar-refractivity contribution in [3.63, 3.8) is 0 Å². The fraction of sp³-hybridized carbons (Fsp3) is 0.533. The van der Waals surface area contributed by atoms with E-state index in [4.69, 9.17) is 21.4 Å². The van der Waals surface area contributed by atoms with Crippen molar-refractivity contribution in [1.82, 2.24) is 5.32 Å². The molecular weight excluding hydrogens is 278 g/mol. The minimum absolute atomic E-state index is 0.0146. The molecule has 1 amide bonds. The van der Waals surface area contributed by atoms with E-state index in [2.05, 4.69) is 5.32 Å². The van der Waals surface area contributed by atoms with Crippen LogP contribution in [0, 0.1) is 0 Å².